The minimum atomic E-state index is -0.261. The Morgan fingerprint density at radius 3 is 2.74 bits per heavy atom. The Kier molecular flexibility index (Phi) is 5.18. The average Bonchev–Trinajstić information content (AvgIpc) is 3.31. The van der Waals surface area contributed by atoms with E-state index in [4.69, 9.17) is 0 Å². The summed E-state index contributed by atoms with van der Waals surface area (Å²) >= 11 is 1.40. The van der Waals surface area contributed by atoms with Gasteiger partial charge in [-0.05, 0) is 24.5 Å². The highest BCUT2D eigenvalue weighted by Crippen LogP contribution is 2.28. The Hall–Kier alpha value is -3.58. The van der Waals surface area contributed by atoms with Crippen LogP contribution in [0.3, 0.4) is 0 Å². The molecule has 3 heterocycles. The van der Waals surface area contributed by atoms with Crippen LogP contribution in [0.15, 0.2) is 77.3 Å². The van der Waals surface area contributed by atoms with E-state index in [0.717, 1.165) is 35.3 Å². The fourth-order valence-electron chi connectivity index (χ4n) is 3.87. The zero-order chi connectivity index (χ0) is 21.2. The van der Waals surface area contributed by atoms with Gasteiger partial charge in [0.1, 0.15) is 11.6 Å². The molecule has 0 radical (unpaired) electrons. The lowest BCUT2D eigenvalue weighted by Crippen LogP contribution is -2.39. The number of hydrogen-bond donors (Lipinski definition) is 0. The molecule has 31 heavy (non-hydrogen) atoms. The van der Waals surface area contributed by atoms with E-state index in [1.807, 2.05) is 53.9 Å². The third-order valence-corrected chi connectivity index (χ3v) is 6.30. The molecule has 5 rings (SSSR count). The summed E-state index contributed by atoms with van der Waals surface area (Å²) < 4.78 is 1.37. The van der Waals surface area contributed by atoms with Crippen molar-refractivity contribution in [1.29, 1.82) is 0 Å². The molecule has 0 atom stereocenters. The maximum Gasteiger partial charge on any atom is 0.264 e. The van der Waals surface area contributed by atoms with E-state index >= 15 is 0 Å². The Morgan fingerprint density at radius 1 is 1.06 bits per heavy atom. The molecule has 0 saturated heterocycles. The summed E-state index contributed by atoms with van der Waals surface area (Å²) in [5, 5.41) is 2.53. The van der Waals surface area contributed by atoms with Crippen molar-refractivity contribution in [3.05, 3.63) is 88.4 Å². The van der Waals surface area contributed by atoms with Crippen molar-refractivity contribution >= 4 is 22.9 Å². The number of carbonyl (C=O) groups is 1. The minimum absolute atomic E-state index is 0.0507. The topological polar surface area (TPSA) is 68.1 Å². The molecule has 7 heteroatoms. The second-order valence-electron chi connectivity index (χ2n) is 7.42. The zero-order valence-electron chi connectivity index (χ0n) is 16.8. The van der Waals surface area contributed by atoms with E-state index in [1.54, 1.807) is 4.90 Å². The fourth-order valence-corrected chi connectivity index (χ4v) is 4.70. The molecule has 4 aromatic rings. The molecule has 1 amide bonds. The first-order chi connectivity index (χ1) is 15.2. The largest absolute Gasteiger partial charge is 0.311 e. The van der Waals surface area contributed by atoms with E-state index in [9.17, 15) is 9.59 Å². The summed E-state index contributed by atoms with van der Waals surface area (Å²) in [6.07, 6.45) is 4.82. The number of fused-ring (bicyclic) bond motifs is 1. The van der Waals surface area contributed by atoms with Gasteiger partial charge in [0, 0.05) is 29.4 Å². The Balaban J connectivity index is 1.42. The smallest absolute Gasteiger partial charge is 0.264 e. The molecule has 0 N–H and O–H groups in total. The summed E-state index contributed by atoms with van der Waals surface area (Å²) in [6, 6.07) is 17.8. The van der Waals surface area contributed by atoms with Gasteiger partial charge in [-0.2, -0.15) is 0 Å². The fraction of sp³-hybridized carbons (Fsp3) is 0.167. The van der Waals surface area contributed by atoms with Crippen molar-refractivity contribution in [2.24, 2.45) is 0 Å². The first-order valence-electron chi connectivity index (χ1n) is 10.1. The van der Waals surface area contributed by atoms with Crippen LogP contribution in [0.1, 0.15) is 12.0 Å². The number of benzene rings is 2. The lowest BCUT2D eigenvalue weighted by atomic mass is 10.0. The minimum Gasteiger partial charge on any atom is -0.311 e. The zero-order valence-corrected chi connectivity index (χ0v) is 17.6. The monoisotopic (exact) mass is 428 g/mol. The van der Waals surface area contributed by atoms with Crippen molar-refractivity contribution in [1.82, 2.24) is 14.5 Å². The van der Waals surface area contributed by atoms with Crippen molar-refractivity contribution < 1.29 is 4.79 Å². The van der Waals surface area contributed by atoms with Crippen LogP contribution in [0, 0.1) is 0 Å². The normalized spacial score (nSPS) is 13.1. The number of aromatic nitrogens is 3. The number of hydrogen-bond acceptors (Lipinski definition) is 5. The standard InChI is InChI=1S/C24H20N4O2S/c29-22(28-12-6-10-18-9-4-5-11-21(18)28)14-27-16-25-13-19(24(27)30)23-26-20(15-31-23)17-7-2-1-3-8-17/h1-5,7-9,11,13,15-16H,6,10,12,14H2. The second kappa shape index (κ2) is 8.28. The van der Waals surface area contributed by atoms with E-state index in [2.05, 4.69) is 16.0 Å². The average molecular weight is 429 g/mol. The van der Waals surface area contributed by atoms with Crippen LogP contribution >= 0.6 is 11.3 Å². The van der Waals surface area contributed by atoms with Gasteiger partial charge in [0.05, 0.1) is 17.6 Å². The van der Waals surface area contributed by atoms with Crippen LogP contribution in [0.4, 0.5) is 5.69 Å². The quantitative estimate of drug-likeness (QED) is 0.493. The van der Waals surface area contributed by atoms with Gasteiger partial charge in [-0.3, -0.25) is 14.2 Å². The molecule has 0 saturated carbocycles. The number of nitrogens with zero attached hydrogens (tertiary/aromatic N) is 4. The van der Waals surface area contributed by atoms with Crippen LogP contribution in [0.25, 0.3) is 21.8 Å². The highest BCUT2D eigenvalue weighted by Gasteiger charge is 2.23. The Morgan fingerprint density at radius 2 is 1.87 bits per heavy atom. The second-order valence-corrected chi connectivity index (χ2v) is 8.28. The molecular weight excluding hydrogens is 408 g/mol. The van der Waals surface area contributed by atoms with Crippen LogP contribution in [-0.2, 0) is 17.8 Å². The van der Waals surface area contributed by atoms with E-state index in [0.29, 0.717) is 17.1 Å². The summed E-state index contributed by atoms with van der Waals surface area (Å²) in [5.74, 6) is -0.114. The Labute approximate surface area is 183 Å². The molecule has 6 nitrogen and oxygen atoms in total. The third-order valence-electron chi connectivity index (χ3n) is 5.42. The molecule has 154 valence electrons. The van der Waals surface area contributed by atoms with Crippen LogP contribution < -0.4 is 10.5 Å². The first-order valence-corrected chi connectivity index (χ1v) is 11.0. The van der Waals surface area contributed by atoms with Crippen LogP contribution in [0.2, 0.25) is 0 Å². The van der Waals surface area contributed by atoms with Gasteiger partial charge in [-0.25, -0.2) is 9.97 Å². The summed E-state index contributed by atoms with van der Waals surface area (Å²) in [7, 11) is 0. The Bertz CT molecular complexity index is 1300. The van der Waals surface area contributed by atoms with Crippen molar-refractivity contribution in [2.75, 3.05) is 11.4 Å². The lowest BCUT2D eigenvalue weighted by Gasteiger charge is -2.29. The molecule has 2 aromatic heterocycles. The van der Waals surface area contributed by atoms with Gasteiger partial charge >= 0.3 is 0 Å². The van der Waals surface area contributed by atoms with E-state index < -0.39 is 0 Å². The molecule has 0 bridgehead atoms. The first kappa shape index (κ1) is 19.4. The van der Waals surface area contributed by atoms with Gasteiger partial charge in [0.25, 0.3) is 5.56 Å². The number of aryl methyl sites for hydroxylation is 1. The van der Waals surface area contributed by atoms with Gasteiger partial charge in [-0.1, -0.05) is 48.5 Å². The predicted molar refractivity (Wildman–Crippen MR) is 122 cm³/mol. The molecule has 0 fully saturated rings. The van der Waals surface area contributed by atoms with Crippen molar-refractivity contribution in [3.8, 4) is 21.8 Å². The van der Waals surface area contributed by atoms with E-state index in [1.165, 1.54) is 28.4 Å². The number of carbonyl (C=O) groups excluding carboxylic acids is 1. The van der Waals surface area contributed by atoms with Gasteiger partial charge in [0.15, 0.2) is 0 Å². The summed E-state index contributed by atoms with van der Waals surface area (Å²) in [6.45, 7) is 0.607. The number of thiazole rings is 1. The lowest BCUT2D eigenvalue weighted by molar-refractivity contribution is -0.119. The number of anilines is 1. The van der Waals surface area contributed by atoms with Crippen molar-refractivity contribution in [3.63, 3.8) is 0 Å². The maximum absolute atomic E-state index is 13.1. The number of amides is 1. The number of rotatable bonds is 4. The molecule has 0 unspecified atom stereocenters. The maximum atomic E-state index is 13.1. The highest BCUT2D eigenvalue weighted by molar-refractivity contribution is 7.13. The van der Waals surface area contributed by atoms with Gasteiger partial charge < -0.3 is 4.90 Å². The SMILES string of the molecule is O=C(Cn1cncc(-c2nc(-c3ccccc3)cs2)c1=O)N1CCCc2ccccc21. The van der Waals surface area contributed by atoms with Crippen LogP contribution in [-0.4, -0.2) is 27.0 Å². The summed E-state index contributed by atoms with van der Waals surface area (Å²) in [5.41, 5.74) is 4.05. The molecule has 2 aromatic carbocycles. The molecular formula is C24H20N4O2S. The molecule has 1 aliphatic rings. The number of para-hydroxylation sites is 1. The van der Waals surface area contributed by atoms with E-state index in [-0.39, 0.29) is 18.0 Å². The summed E-state index contributed by atoms with van der Waals surface area (Å²) in [4.78, 5) is 36.7. The third kappa shape index (κ3) is 3.80. The predicted octanol–water partition coefficient (Wildman–Crippen LogP) is 4.01. The molecule has 0 spiro atoms. The molecule has 0 aliphatic carbocycles. The highest BCUT2D eigenvalue weighted by atomic mass is 32.1. The van der Waals surface area contributed by atoms with Crippen LogP contribution in [0.5, 0.6) is 0 Å². The van der Waals surface area contributed by atoms with Crippen molar-refractivity contribution in [2.45, 2.75) is 19.4 Å². The van der Waals surface area contributed by atoms with Gasteiger partial charge in [-0.15, -0.1) is 11.3 Å². The molecule has 1 aliphatic heterocycles. The van der Waals surface area contributed by atoms with Gasteiger partial charge in [0.2, 0.25) is 5.91 Å².